The Morgan fingerprint density at radius 2 is 2.09 bits per heavy atom. The summed E-state index contributed by atoms with van der Waals surface area (Å²) in [5.41, 5.74) is 10.1. The number of aromatic nitrogens is 5. The molecule has 1 aliphatic rings. The molecule has 1 saturated heterocycles. The van der Waals surface area contributed by atoms with Gasteiger partial charge in [0.1, 0.15) is 29.6 Å². The summed E-state index contributed by atoms with van der Waals surface area (Å²) in [6.45, 7) is 1.26. The number of fused-ring (bicyclic) bond motifs is 1. The lowest BCUT2D eigenvalue weighted by Gasteiger charge is -2.30. The molecule has 172 valence electrons. The van der Waals surface area contributed by atoms with Crippen molar-refractivity contribution in [1.29, 1.82) is 5.26 Å². The summed E-state index contributed by atoms with van der Waals surface area (Å²) >= 11 is 0. The minimum Gasteiger partial charge on any atom is -0.340 e. The highest BCUT2D eigenvalue weighted by Crippen LogP contribution is 2.33. The third-order valence-electron chi connectivity index (χ3n) is 6.15. The van der Waals surface area contributed by atoms with Crippen LogP contribution >= 0.6 is 0 Å². The number of carbonyl (C=O) groups is 1. The van der Waals surface area contributed by atoms with Gasteiger partial charge in [-0.1, -0.05) is 17.3 Å². The highest BCUT2D eigenvalue weighted by atomic mass is 19.1. The number of halogens is 1. The number of aryl methyl sites for hydroxylation is 1. The lowest BCUT2D eigenvalue weighted by atomic mass is 10.0. The average Bonchev–Trinajstić information content (AvgIpc) is 3.42. The van der Waals surface area contributed by atoms with Crippen LogP contribution in [-0.4, -0.2) is 54.7 Å². The van der Waals surface area contributed by atoms with E-state index in [1.54, 1.807) is 26.5 Å². The first-order valence-electron chi connectivity index (χ1n) is 11.0. The zero-order valence-corrected chi connectivity index (χ0v) is 18.6. The Hall–Kier alpha value is -4.10. The van der Waals surface area contributed by atoms with E-state index >= 15 is 0 Å². The van der Waals surface area contributed by atoms with Crippen molar-refractivity contribution in [1.82, 2.24) is 29.7 Å². The molecule has 1 atom stereocenters. The second-order valence-electron chi connectivity index (χ2n) is 8.55. The Morgan fingerprint density at radius 1 is 1.26 bits per heavy atom. The van der Waals surface area contributed by atoms with E-state index in [4.69, 9.17) is 11.0 Å². The fourth-order valence-electron chi connectivity index (χ4n) is 4.36. The van der Waals surface area contributed by atoms with Crippen molar-refractivity contribution in [2.45, 2.75) is 25.4 Å². The molecule has 3 heterocycles. The monoisotopic (exact) mass is 458 g/mol. The van der Waals surface area contributed by atoms with Gasteiger partial charge < -0.3 is 10.6 Å². The Balaban J connectivity index is 1.55. The van der Waals surface area contributed by atoms with Crippen molar-refractivity contribution in [3.8, 4) is 28.5 Å². The van der Waals surface area contributed by atoms with Gasteiger partial charge in [-0.2, -0.15) is 10.4 Å². The average molecular weight is 459 g/mol. The fourth-order valence-corrected chi connectivity index (χ4v) is 4.36. The van der Waals surface area contributed by atoms with Crippen molar-refractivity contribution >= 4 is 16.9 Å². The lowest BCUT2D eigenvalue weighted by molar-refractivity contribution is -0.133. The number of nitrogens with zero attached hydrogens (tertiary/aromatic N) is 7. The van der Waals surface area contributed by atoms with Gasteiger partial charge in [0.05, 0.1) is 11.1 Å². The van der Waals surface area contributed by atoms with Crippen LogP contribution in [-0.2, 0) is 18.4 Å². The fraction of sp³-hybridized carbons (Fsp3) is 0.292. The number of hydrogen-bond acceptors (Lipinski definition) is 6. The molecular formula is C24H23FN8O. The number of benzene rings is 2. The van der Waals surface area contributed by atoms with Crippen LogP contribution in [0.1, 0.15) is 18.4 Å². The molecule has 9 nitrogen and oxygen atoms in total. The molecule has 1 amide bonds. The number of nitrogens with two attached hydrogens (primary N) is 1. The van der Waals surface area contributed by atoms with Gasteiger partial charge in [-0.05, 0) is 42.7 Å². The number of likely N-dealkylation sites (tertiary alicyclic amines) is 1. The molecule has 0 bridgehead atoms. The van der Waals surface area contributed by atoms with E-state index in [2.05, 4.69) is 15.4 Å². The Morgan fingerprint density at radius 3 is 2.85 bits per heavy atom. The highest BCUT2D eigenvalue weighted by Gasteiger charge is 2.23. The number of piperidine rings is 1. The number of carbonyl (C=O) groups excluding carboxylic acids is 1. The summed E-state index contributed by atoms with van der Waals surface area (Å²) in [5, 5.41) is 22.0. The normalized spacial score (nSPS) is 16.1. The third-order valence-corrected chi connectivity index (χ3v) is 6.15. The van der Waals surface area contributed by atoms with Crippen LogP contribution in [0.3, 0.4) is 0 Å². The highest BCUT2D eigenvalue weighted by molar-refractivity contribution is 5.87. The van der Waals surface area contributed by atoms with Gasteiger partial charge in [-0.25, -0.2) is 9.07 Å². The van der Waals surface area contributed by atoms with Gasteiger partial charge >= 0.3 is 0 Å². The van der Waals surface area contributed by atoms with Crippen molar-refractivity contribution in [2.75, 3.05) is 13.1 Å². The van der Waals surface area contributed by atoms with Crippen LogP contribution in [0, 0.1) is 17.1 Å². The van der Waals surface area contributed by atoms with E-state index in [-0.39, 0.29) is 24.1 Å². The van der Waals surface area contributed by atoms with E-state index in [1.807, 2.05) is 31.3 Å². The Bertz CT molecular complexity index is 1430. The molecular weight excluding hydrogens is 435 g/mol. The van der Waals surface area contributed by atoms with Gasteiger partial charge in [-0.15, -0.1) is 5.10 Å². The maximum Gasteiger partial charge on any atom is 0.244 e. The largest absolute Gasteiger partial charge is 0.340 e. The molecule has 0 radical (unpaired) electrons. The summed E-state index contributed by atoms with van der Waals surface area (Å²) in [6.07, 6.45) is 3.57. The van der Waals surface area contributed by atoms with Crippen molar-refractivity contribution in [3.05, 3.63) is 54.0 Å². The zero-order chi connectivity index (χ0) is 23.8. The molecule has 4 aromatic rings. The molecule has 0 saturated carbocycles. The molecule has 1 fully saturated rings. The quantitative estimate of drug-likeness (QED) is 0.502. The summed E-state index contributed by atoms with van der Waals surface area (Å²) in [4.78, 5) is 14.7. The Kier molecular flexibility index (Phi) is 5.55. The Labute approximate surface area is 195 Å². The number of amides is 1. The maximum absolute atomic E-state index is 14.4. The van der Waals surface area contributed by atoms with Gasteiger partial charge in [-0.3, -0.25) is 9.48 Å². The van der Waals surface area contributed by atoms with Crippen LogP contribution in [0.5, 0.6) is 0 Å². The first-order valence-corrected chi connectivity index (χ1v) is 11.0. The summed E-state index contributed by atoms with van der Waals surface area (Å²) in [6, 6.07) is 11.9. The topological polar surface area (TPSA) is 119 Å². The first-order chi connectivity index (χ1) is 16.4. The molecule has 2 aromatic heterocycles. The minimum atomic E-state index is -0.622. The molecule has 0 spiro atoms. The van der Waals surface area contributed by atoms with Crippen molar-refractivity contribution in [3.63, 3.8) is 0 Å². The van der Waals surface area contributed by atoms with Gasteiger partial charge in [0.2, 0.25) is 5.91 Å². The molecule has 1 aliphatic heterocycles. The molecule has 5 rings (SSSR count). The van der Waals surface area contributed by atoms with Gasteiger partial charge in [0.15, 0.2) is 0 Å². The lowest BCUT2D eigenvalue weighted by Crippen LogP contribution is -2.46. The predicted molar refractivity (Wildman–Crippen MR) is 124 cm³/mol. The first kappa shape index (κ1) is 21.7. The van der Waals surface area contributed by atoms with Gasteiger partial charge in [0.25, 0.3) is 0 Å². The van der Waals surface area contributed by atoms with Crippen LogP contribution in [0.2, 0.25) is 0 Å². The number of hydrogen-bond donors (Lipinski definition) is 1. The molecule has 2 aromatic carbocycles. The van der Waals surface area contributed by atoms with Crippen LogP contribution in [0.15, 0.2) is 42.6 Å². The van der Waals surface area contributed by atoms with E-state index in [1.165, 1.54) is 12.1 Å². The smallest absolute Gasteiger partial charge is 0.244 e. The van der Waals surface area contributed by atoms with Crippen LogP contribution < -0.4 is 5.73 Å². The third kappa shape index (κ3) is 4.02. The molecule has 10 heteroatoms. The molecule has 0 unspecified atom stereocenters. The second-order valence-corrected chi connectivity index (χ2v) is 8.55. The zero-order valence-electron chi connectivity index (χ0n) is 18.6. The van der Waals surface area contributed by atoms with E-state index in [0.29, 0.717) is 29.9 Å². The van der Waals surface area contributed by atoms with E-state index < -0.39 is 5.82 Å². The van der Waals surface area contributed by atoms with Crippen molar-refractivity contribution < 1.29 is 9.18 Å². The van der Waals surface area contributed by atoms with E-state index in [9.17, 15) is 9.18 Å². The SMILES string of the molecule is Cn1nnc2cc(-c3cn(CC(=O)N4CCC[C@@H](N)C4)nc3-c3ccc(C#N)c(F)c3)ccc21. The van der Waals surface area contributed by atoms with E-state index in [0.717, 1.165) is 29.5 Å². The molecule has 2 N–H and O–H groups in total. The minimum absolute atomic E-state index is 0.0122. The standard InChI is InChI=1S/C24H23FN8O/c1-31-22-7-6-15(10-21(22)28-30-31)19-13-33(14-23(34)32-8-2-3-18(27)12-32)29-24(19)16-4-5-17(11-26)20(25)9-16/h4-7,9-10,13,18H,2-3,8,12,14,27H2,1H3/t18-/m1/s1. The summed E-state index contributed by atoms with van der Waals surface area (Å²) < 4.78 is 17.7. The van der Waals surface area contributed by atoms with Crippen LogP contribution in [0.25, 0.3) is 33.4 Å². The number of nitriles is 1. The van der Waals surface area contributed by atoms with Crippen molar-refractivity contribution in [2.24, 2.45) is 12.8 Å². The molecule has 0 aliphatic carbocycles. The predicted octanol–water partition coefficient (Wildman–Crippen LogP) is 2.46. The molecule has 34 heavy (non-hydrogen) atoms. The second kappa shape index (κ2) is 8.68. The maximum atomic E-state index is 14.4. The summed E-state index contributed by atoms with van der Waals surface area (Å²) in [5.74, 6) is -0.686. The van der Waals surface area contributed by atoms with Gasteiger partial charge in [0, 0.05) is 43.5 Å². The number of rotatable bonds is 4. The summed E-state index contributed by atoms with van der Waals surface area (Å²) in [7, 11) is 1.82. The van der Waals surface area contributed by atoms with Crippen LogP contribution in [0.4, 0.5) is 4.39 Å².